The number of hydrogen-bond donors (Lipinski definition) is 4. The maximum Gasteiger partial charge on any atom is 0.303 e. The number of halogens is 2. The van der Waals surface area contributed by atoms with Gasteiger partial charge in [-0.2, -0.15) is 0 Å². The van der Waals surface area contributed by atoms with Crippen molar-refractivity contribution in [3.8, 4) is 0 Å². The largest absolute Gasteiger partial charge is 0.481 e. The lowest BCUT2D eigenvalue weighted by Gasteiger charge is -2.23. The minimum Gasteiger partial charge on any atom is -0.481 e. The topological polar surface area (TPSA) is 98.7 Å². The minimum absolute atomic E-state index is 0.0544. The fourth-order valence-corrected chi connectivity index (χ4v) is 2.63. The second-order valence-corrected chi connectivity index (χ2v) is 7.62. The van der Waals surface area contributed by atoms with E-state index >= 15 is 0 Å². The van der Waals surface area contributed by atoms with E-state index in [-0.39, 0.29) is 46.4 Å². The average Bonchev–Trinajstić information content (AvgIpc) is 2.47. The molecule has 0 saturated heterocycles. The monoisotopic (exact) mass is 390 g/mol. The van der Waals surface area contributed by atoms with Crippen LogP contribution in [-0.2, 0) is 9.59 Å². The summed E-state index contributed by atoms with van der Waals surface area (Å²) in [5.41, 5.74) is 0.650. The molecular weight excluding hydrogens is 367 g/mol. The molecule has 4 N–H and O–H groups in total. The van der Waals surface area contributed by atoms with Crippen molar-refractivity contribution in [2.24, 2.45) is 0 Å². The van der Waals surface area contributed by atoms with Crippen molar-refractivity contribution in [3.05, 3.63) is 27.7 Å². The summed E-state index contributed by atoms with van der Waals surface area (Å²) in [5, 5.41) is 25.0. The molecule has 1 aromatic rings. The molecule has 1 aromatic carbocycles. The zero-order chi connectivity index (χ0) is 19.2. The van der Waals surface area contributed by atoms with Gasteiger partial charge in [0.1, 0.15) is 0 Å². The number of anilines is 1. The smallest absolute Gasteiger partial charge is 0.303 e. The summed E-state index contributed by atoms with van der Waals surface area (Å²) in [4.78, 5) is 22.3. The second kappa shape index (κ2) is 9.38. The third kappa shape index (κ3) is 8.05. The van der Waals surface area contributed by atoms with Gasteiger partial charge >= 0.3 is 5.97 Å². The van der Waals surface area contributed by atoms with E-state index in [1.54, 1.807) is 12.1 Å². The third-order valence-corrected chi connectivity index (χ3v) is 3.93. The molecule has 8 heteroatoms. The summed E-state index contributed by atoms with van der Waals surface area (Å²) >= 11 is 12.3. The van der Waals surface area contributed by atoms with Gasteiger partial charge in [-0.15, -0.1) is 0 Å². The highest BCUT2D eigenvalue weighted by molar-refractivity contribution is 6.39. The number of hydrogen-bond acceptors (Lipinski definition) is 4. The van der Waals surface area contributed by atoms with Crippen LogP contribution in [0.5, 0.6) is 0 Å². The summed E-state index contributed by atoms with van der Waals surface area (Å²) in [7, 11) is 0. The first-order valence-electron chi connectivity index (χ1n) is 7.93. The van der Waals surface area contributed by atoms with E-state index in [0.29, 0.717) is 12.1 Å². The zero-order valence-corrected chi connectivity index (χ0v) is 16.0. The number of β-amino-alcohol motifs (C(OH)–C–C–N with tert-alkyl or cyclic N) is 1. The molecule has 1 rings (SSSR count). The van der Waals surface area contributed by atoms with Gasteiger partial charge in [0.25, 0.3) is 0 Å². The Morgan fingerprint density at radius 2 is 1.72 bits per heavy atom. The van der Waals surface area contributed by atoms with Gasteiger partial charge in [-0.1, -0.05) is 23.2 Å². The number of carboxylic acids is 1. The van der Waals surface area contributed by atoms with Crippen LogP contribution in [-0.4, -0.2) is 34.2 Å². The molecule has 1 amide bonds. The number of rotatable bonds is 8. The molecule has 0 bridgehead atoms. The Kier molecular flexibility index (Phi) is 8.15. The van der Waals surface area contributed by atoms with Crippen molar-refractivity contribution in [2.75, 3.05) is 11.9 Å². The average molecular weight is 391 g/mol. The van der Waals surface area contributed by atoms with Gasteiger partial charge in [0.15, 0.2) is 0 Å². The lowest BCUT2D eigenvalue weighted by molar-refractivity contribution is -0.137. The Labute approximate surface area is 157 Å². The van der Waals surface area contributed by atoms with Crippen LogP contribution >= 0.6 is 23.2 Å². The molecule has 0 heterocycles. The third-order valence-electron chi connectivity index (χ3n) is 3.33. The highest BCUT2D eigenvalue weighted by Crippen LogP contribution is 2.34. The van der Waals surface area contributed by atoms with Gasteiger partial charge in [-0.3, -0.25) is 9.59 Å². The zero-order valence-electron chi connectivity index (χ0n) is 14.5. The Balaban J connectivity index is 2.75. The fourth-order valence-electron chi connectivity index (χ4n) is 2.03. The molecule has 1 unspecified atom stereocenters. The Morgan fingerprint density at radius 1 is 1.16 bits per heavy atom. The first-order valence-corrected chi connectivity index (χ1v) is 8.69. The molecule has 6 nitrogen and oxygen atoms in total. The van der Waals surface area contributed by atoms with Crippen LogP contribution in [0.15, 0.2) is 12.1 Å². The predicted molar refractivity (Wildman–Crippen MR) is 99.3 cm³/mol. The summed E-state index contributed by atoms with van der Waals surface area (Å²) < 4.78 is 0. The summed E-state index contributed by atoms with van der Waals surface area (Å²) in [5.74, 6) is -1.32. The van der Waals surface area contributed by atoms with E-state index in [1.165, 1.54) is 0 Å². The van der Waals surface area contributed by atoms with Crippen molar-refractivity contribution in [1.82, 2.24) is 5.32 Å². The van der Waals surface area contributed by atoms with Crippen LogP contribution in [0.3, 0.4) is 0 Å². The lowest BCUT2D eigenvalue weighted by atomic mass is 10.1. The minimum atomic E-state index is -0.953. The highest BCUT2D eigenvalue weighted by atomic mass is 35.5. The van der Waals surface area contributed by atoms with Crippen LogP contribution in [0.4, 0.5) is 5.69 Å². The van der Waals surface area contributed by atoms with Crippen LogP contribution in [0.25, 0.3) is 0 Å². The van der Waals surface area contributed by atoms with Gasteiger partial charge in [0.05, 0.1) is 21.8 Å². The first kappa shape index (κ1) is 21.7. The maximum atomic E-state index is 11.8. The molecule has 1 atom stereocenters. The van der Waals surface area contributed by atoms with Gasteiger partial charge < -0.3 is 20.8 Å². The maximum absolute atomic E-state index is 11.8. The molecule has 140 valence electrons. The molecule has 0 radical (unpaired) electrons. The molecule has 0 spiro atoms. The second-order valence-electron chi connectivity index (χ2n) is 6.80. The van der Waals surface area contributed by atoms with E-state index < -0.39 is 12.1 Å². The van der Waals surface area contributed by atoms with E-state index in [2.05, 4.69) is 10.6 Å². The normalized spacial score (nSPS) is 12.7. The van der Waals surface area contributed by atoms with Crippen molar-refractivity contribution < 1.29 is 19.8 Å². The fraction of sp³-hybridized carbons (Fsp3) is 0.529. The number of aliphatic hydroxyl groups excluding tert-OH is 1. The van der Waals surface area contributed by atoms with E-state index in [9.17, 15) is 14.7 Å². The van der Waals surface area contributed by atoms with Crippen molar-refractivity contribution in [1.29, 1.82) is 0 Å². The Hall–Kier alpha value is -1.34. The van der Waals surface area contributed by atoms with Crippen LogP contribution in [0.2, 0.25) is 10.0 Å². The number of carbonyl (C=O) groups is 2. The number of nitrogens with one attached hydrogen (secondary N) is 2. The number of carbonyl (C=O) groups excluding carboxylic acids is 1. The quantitative estimate of drug-likeness (QED) is 0.543. The molecule has 0 aliphatic heterocycles. The van der Waals surface area contributed by atoms with Crippen molar-refractivity contribution in [3.63, 3.8) is 0 Å². The van der Waals surface area contributed by atoms with Crippen LogP contribution in [0, 0.1) is 0 Å². The first-order chi connectivity index (χ1) is 11.5. The van der Waals surface area contributed by atoms with Crippen molar-refractivity contribution >= 4 is 40.8 Å². The molecule has 0 saturated carbocycles. The molecular formula is C17H24Cl2N2O4. The van der Waals surface area contributed by atoms with Crippen LogP contribution in [0.1, 0.15) is 51.7 Å². The van der Waals surface area contributed by atoms with Gasteiger partial charge in [0, 0.05) is 24.9 Å². The standard InChI is InChI=1S/C17H24Cl2N2O4/c1-17(2,3)20-9-13(22)10-7-11(18)16(12(19)8-10)21-14(23)5-4-6-15(24)25/h7-8,13,20,22H,4-6,9H2,1-3H3,(H,21,23)(H,24,25). The Morgan fingerprint density at radius 3 is 2.20 bits per heavy atom. The number of aliphatic hydroxyl groups is 1. The summed E-state index contributed by atoms with van der Waals surface area (Å²) in [6.07, 6.45) is -0.597. The van der Waals surface area contributed by atoms with Crippen LogP contribution < -0.4 is 10.6 Å². The number of benzene rings is 1. The predicted octanol–water partition coefficient (Wildman–Crippen LogP) is 3.61. The Bertz CT molecular complexity index is 607. The highest BCUT2D eigenvalue weighted by Gasteiger charge is 2.17. The molecule has 25 heavy (non-hydrogen) atoms. The van der Waals surface area contributed by atoms with E-state index in [4.69, 9.17) is 28.3 Å². The van der Waals surface area contributed by atoms with Crippen molar-refractivity contribution in [2.45, 2.75) is 51.7 Å². The number of amides is 1. The van der Waals surface area contributed by atoms with Gasteiger partial charge in [-0.05, 0) is 44.9 Å². The van der Waals surface area contributed by atoms with Gasteiger partial charge in [-0.25, -0.2) is 0 Å². The summed E-state index contributed by atoms with van der Waals surface area (Å²) in [6.45, 7) is 6.30. The molecule has 0 aliphatic rings. The molecule has 0 aliphatic carbocycles. The summed E-state index contributed by atoms with van der Waals surface area (Å²) in [6, 6.07) is 3.10. The molecule has 0 aromatic heterocycles. The number of aliphatic carboxylic acids is 1. The lowest BCUT2D eigenvalue weighted by Crippen LogP contribution is -2.38. The van der Waals surface area contributed by atoms with Gasteiger partial charge in [0.2, 0.25) is 5.91 Å². The molecule has 0 fully saturated rings. The van der Waals surface area contributed by atoms with E-state index in [1.807, 2.05) is 20.8 Å². The SMILES string of the molecule is CC(C)(C)NCC(O)c1cc(Cl)c(NC(=O)CCCC(=O)O)c(Cl)c1. The van der Waals surface area contributed by atoms with E-state index in [0.717, 1.165) is 0 Å². The number of carboxylic acid groups (broad SMARTS) is 1.